The van der Waals surface area contributed by atoms with Crippen molar-refractivity contribution >= 4 is 11.7 Å². The molecule has 0 unspecified atom stereocenters. The minimum Gasteiger partial charge on any atom is -0.487 e. The molecule has 0 bridgehead atoms. The molecular formula is C28H29F2N3O3. The summed E-state index contributed by atoms with van der Waals surface area (Å²) in [5, 5.41) is 0. The van der Waals surface area contributed by atoms with Crippen molar-refractivity contribution in [2.24, 2.45) is 5.92 Å². The third kappa shape index (κ3) is 4.55. The largest absolute Gasteiger partial charge is 0.487 e. The van der Waals surface area contributed by atoms with Crippen LogP contribution in [0.3, 0.4) is 0 Å². The smallest absolute Gasteiger partial charge is 0.312 e. The quantitative estimate of drug-likeness (QED) is 0.419. The standard InChI is InChI=1S/C28H29F2N3O3/c1-3-25(32-15-20(16-32)28(34)35-2)33-12-11-19-13-22(9-10-24(19)33)36-17-21-14-23(26(31-21)27(29)30)18-7-5-4-6-8-18/h3-10,13-14,20,27,31H,11-12,15-17H2,1-2H3/b25-3+. The van der Waals surface area contributed by atoms with E-state index in [1.165, 1.54) is 12.7 Å². The van der Waals surface area contributed by atoms with Gasteiger partial charge < -0.3 is 24.3 Å². The van der Waals surface area contributed by atoms with E-state index in [0.29, 0.717) is 30.1 Å². The molecular weight excluding hydrogens is 464 g/mol. The first-order valence-corrected chi connectivity index (χ1v) is 12.1. The fourth-order valence-electron chi connectivity index (χ4n) is 4.99. The number of aromatic amines is 1. The van der Waals surface area contributed by atoms with Crippen molar-refractivity contribution in [3.8, 4) is 16.9 Å². The number of hydrogen-bond donors (Lipinski definition) is 1. The second-order valence-electron chi connectivity index (χ2n) is 9.04. The zero-order chi connectivity index (χ0) is 25.2. The molecule has 2 aliphatic heterocycles. The molecule has 3 heterocycles. The molecule has 0 saturated carbocycles. The summed E-state index contributed by atoms with van der Waals surface area (Å²) >= 11 is 0. The number of alkyl halides is 2. The molecule has 0 atom stereocenters. The van der Waals surface area contributed by atoms with Gasteiger partial charge in [-0.05, 0) is 54.8 Å². The second kappa shape index (κ2) is 10.0. The van der Waals surface area contributed by atoms with Crippen molar-refractivity contribution < 1.29 is 23.0 Å². The van der Waals surface area contributed by atoms with Crippen LogP contribution < -0.4 is 9.64 Å². The summed E-state index contributed by atoms with van der Waals surface area (Å²) in [7, 11) is 1.42. The second-order valence-corrected chi connectivity index (χ2v) is 9.04. The van der Waals surface area contributed by atoms with Gasteiger partial charge in [0.25, 0.3) is 6.43 Å². The van der Waals surface area contributed by atoms with Crippen molar-refractivity contribution in [2.45, 2.75) is 26.4 Å². The molecule has 0 spiro atoms. The summed E-state index contributed by atoms with van der Waals surface area (Å²) in [6.07, 6.45) is 0.340. The first-order chi connectivity index (χ1) is 17.5. The third-order valence-corrected chi connectivity index (χ3v) is 6.82. The minimum absolute atomic E-state index is 0.0798. The highest BCUT2D eigenvalue weighted by Crippen LogP contribution is 2.37. The van der Waals surface area contributed by atoms with Crippen LogP contribution in [0.15, 0.2) is 66.5 Å². The van der Waals surface area contributed by atoms with Gasteiger partial charge in [-0.15, -0.1) is 0 Å². The van der Waals surface area contributed by atoms with E-state index in [1.807, 2.05) is 55.5 Å². The Labute approximate surface area is 209 Å². The number of aromatic nitrogens is 1. The average Bonchev–Trinajstić information content (AvgIpc) is 3.49. The van der Waals surface area contributed by atoms with Crippen LogP contribution in [0, 0.1) is 5.92 Å². The van der Waals surface area contributed by atoms with Gasteiger partial charge in [-0.3, -0.25) is 4.79 Å². The molecule has 2 aromatic carbocycles. The average molecular weight is 494 g/mol. The SMILES string of the molecule is C/C=C(\N1CC(C(=O)OC)C1)N1CCc2cc(OCc3cc(-c4ccccc4)c(C(F)F)[nH]3)ccc21. The van der Waals surface area contributed by atoms with Crippen LogP contribution in [0.2, 0.25) is 0 Å². The molecule has 8 heteroatoms. The Morgan fingerprint density at radius 1 is 1.17 bits per heavy atom. The van der Waals surface area contributed by atoms with Gasteiger partial charge in [0.15, 0.2) is 0 Å². The Morgan fingerprint density at radius 2 is 1.94 bits per heavy atom. The lowest BCUT2D eigenvalue weighted by Gasteiger charge is -2.43. The third-order valence-electron chi connectivity index (χ3n) is 6.82. The minimum atomic E-state index is -2.60. The van der Waals surface area contributed by atoms with Crippen molar-refractivity contribution in [3.05, 3.63) is 83.4 Å². The van der Waals surface area contributed by atoms with Crippen molar-refractivity contribution in [3.63, 3.8) is 0 Å². The molecule has 2 aliphatic rings. The van der Waals surface area contributed by atoms with Crippen LogP contribution in [0.5, 0.6) is 5.75 Å². The van der Waals surface area contributed by atoms with E-state index < -0.39 is 6.43 Å². The Hall–Kier alpha value is -3.81. The normalized spacial score (nSPS) is 15.8. The number of nitrogens with zero attached hydrogens (tertiary/aromatic N) is 2. The number of nitrogens with one attached hydrogen (secondary N) is 1. The molecule has 3 aromatic rings. The monoisotopic (exact) mass is 493 g/mol. The van der Waals surface area contributed by atoms with Crippen LogP contribution in [0.1, 0.15) is 30.3 Å². The summed E-state index contributed by atoms with van der Waals surface area (Å²) in [6, 6.07) is 16.9. The lowest BCUT2D eigenvalue weighted by atomic mass is 10.0. The van der Waals surface area contributed by atoms with E-state index in [-0.39, 0.29) is 24.2 Å². The lowest BCUT2D eigenvalue weighted by Crippen LogP contribution is -2.52. The Balaban J connectivity index is 1.26. The van der Waals surface area contributed by atoms with E-state index in [2.05, 4.69) is 20.9 Å². The van der Waals surface area contributed by atoms with Gasteiger partial charge >= 0.3 is 5.97 Å². The van der Waals surface area contributed by atoms with Gasteiger partial charge in [-0.2, -0.15) is 0 Å². The first kappa shape index (κ1) is 23.9. The number of hydrogen-bond acceptors (Lipinski definition) is 5. The molecule has 1 N–H and O–H groups in total. The summed E-state index contributed by atoms with van der Waals surface area (Å²) in [5.41, 5.74) is 4.02. The number of H-pyrrole nitrogens is 1. The number of allylic oxidation sites excluding steroid dienone is 1. The maximum atomic E-state index is 13.6. The van der Waals surface area contributed by atoms with Crippen LogP contribution >= 0.6 is 0 Å². The van der Waals surface area contributed by atoms with E-state index in [9.17, 15) is 13.6 Å². The van der Waals surface area contributed by atoms with Crippen molar-refractivity contribution in [1.29, 1.82) is 0 Å². The summed E-state index contributed by atoms with van der Waals surface area (Å²) in [5.74, 6) is 1.54. The predicted molar refractivity (Wildman–Crippen MR) is 134 cm³/mol. The number of carbonyl (C=O) groups is 1. The number of ether oxygens (including phenoxy) is 2. The zero-order valence-corrected chi connectivity index (χ0v) is 20.3. The number of methoxy groups -OCH3 is 1. The molecule has 0 amide bonds. The Kier molecular flexibility index (Phi) is 6.67. The molecule has 0 aliphatic carbocycles. The number of rotatable bonds is 8. The zero-order valence-electron chi connectivity index (χ0n) is 20.3. The molecule has 0 radical (unpaired) electrons. The number of carbonyl (C=O) groups excluding carboxylic acids is 1. The number of halogens is 2. The van der Waals surface area contributed by atoms with Crippen LogP contribution in [-0.4, -0.2) is 42.6 Å². The van der Waals surface area contributed by atoms with E-state index >= 15 is 0 Å². The Morgan fingerprint density at radius 3 is 2.64 bits per heavy atom. The van der Waals surface area contributed by atoms with Gasteiger partial charge in [0.1, 0.15) is 18.2 Å². The van der Waals surface area contributed by atoms with Gasteiger partial charge in [0.2, 0.25) is 0 Å². The van der Waals surface area contributed by atoms with Crippen LogP contribution in [-0.2, 0) is 22.6 Å². The molecule has 1 saturated heterocycles. The highest BCUT2D eigenvalue weighted by Gasteiger charge is 2.37. The molecule has 1 fully saturated rings. The highest BCUT2D eigenvalue weighted by molar-refractivity contribution is 5.74. The van der Waals surface area contributed by atoms with Crippen molar-refractivity contribution in [1.82, 2.24) is 9.88 Å². The summed E-state index contributed by atoms with van der Waals surface area (Å²) in [6.45, 7) is 4.32. The Bertz CT molecular complexity index is 1270. The number of anilines is 1. The van der Waals surface area contributed by atoms with Gasteiger partial charge in [0.05, 0.1) is 24.4 Å². The number of fused-ring (bicyclic) bond motifs is 1. The van der Waals surface area contributed by atoms with Crippen molar-refractivity contribution in [2.75, 3.05) is 31.6 Å². The van der Waals surface area contributed by atoms with Gasteiger partial charge in [-0.1, -0.05) is 30.3 Å². The van der Waals surface area contributed by atoms with E-state index in [4.69, 9.17) is 9.47 Å². The topological polar surface area (TPSA) is 57.8 Å². The summed E-state index contributed by atoms with van der Waals surface area (Å²) < 4.78 is 38.1. The first-order valence-electron chi connectivity index (χ1n) is 12.1. The van der Waals surface area contributed by atoms with E-state index in [1.54, 1.807) is 6.07 Å². The maximum Gasteiger partial charge on any atom is 0.312 e. The number of likely N-dealkylation sites (tertiary alicyclic amines) is 1. The van der Waals surface area contributed by atoms with Gasteiger partial charge in [0, 0.05) is 30.9 Å². The summed E-state index contributed by atoms with van der Waals surface area (Å²) in [4.78, 5) is 19.1. The molecule has 5 rings (SSSR count). The highest BCUT2D eigenvalue weighted by atomic mass is 19.3. The molecule has 1 aromatic heterocycles. The van der Waals surface area contributed by atoms with E-state index in [0.717, 1.165) is 30.0 Å². The van der Waals surface area contributed by atoms with Gasteiger partial charge in [-0.25, -0.2) is 8.78 Å². The molecule has 36 heavy (non-hydrogen) atoms. The molecule has 6 nitrogen and oxygen atoms in total. The van der Waals surface area contributed by atoms with Crippen LogP contribution in [0.4, 0.5) is 14.5 Å². The number of benzene rings is 2. The van der Waals surface area contributed by atoms with Crippen LogP contribution in [0.25, 0.3) is 11.1 Å². The predicted octanol–water partition coefficient (Wildman–Crippen LogP) is 5.53. The number of esters is 1. The lowest BCUT2D eigenvalue weighted by molar-refractivity contribution is -0.150. The fraction of sp³-hybridized carbons (Fsp3) is 0.321. The maximum absolute atomic E-state index is 13.6. The fourth-order valence-corrected chi connectivity index (χ4v) is 4.99. The molecule has 188 valence electrons.